The lowest BCUT2D eigenvalue weighted by atomic mass is 9.95. The second kappa shape index (κ2) is 3.36. The van der Waals surface area contributed by atoms with Crippen molar-refractivity contribution in [3.05, 3.63) is 23.8 Å². The molecule has 1 heterocycles. The number of rotatable bonds is 2. The number of alkyl halides is 2. The third kappa shape index (κ3) is 1.76. The molecule has 0 saturated heterocycles. The average molecular weight is 213 g/mol. The Balaban J connectivity index is 2.40. The Labute approximate surface area is 87.2 Å². The van der Waals surface area contributed by atoms with E-state index in [2.05, 4.69) is 5.32 Å². The molecule has 1 unspecified atom stereocenters. The van der Waals surface area contributed by atoms with Gasteiger partial charge in [-0.05, 0) is 23.8 Å². The SMILES string of the molecule is COc1ccc2c(c1)C(C(C)(F)F)CN2. The van der Waals surface area contributed by atoms with Crippen LogP contribution in [0, 0.1) is 0 Å². The Kier molecular flexibility index (Phi) is 2.29. The number of anilines is 1. The third-order valence-corrected chi connectivity index (χ3v) is 2.74. The number of nitrogens with one attached hydrogen (secondary N) is 1. The molecule has 2 rings (SSSR count). The van der Waals surface area contributed by atoms with E-state index >= 15 is 0 Å². The Morgan fingerprint density at radius 3 is 2.80 bits per heavy atom. The van der Waals surface area contributed by atoms with E-state index < -0.39 is 11.8 Å². The fraction of sp³-hybridized carbons (Fsp3) is 0.455. The highest BCUT2D eigenvalue weighted by Crippen LogP contribution is 2.42. The molecule has 1 atom stereocenters. The molecule has 0 radical (unpaired) electrons. The monoisotopic (exact) mass is 213 g/mol. The van der Waals surface area contributed by atoms with Crippen LogP contribution in [0.3, 0.4) is 0 Å². The number of halogens is 2. The Morgan fingerprint density at radius 1 is 1.47 bits per heavy atom. The minimum Gasteiger partial charge on any atom is -0.497 e. The van der Waals surface area contributed by atoms with Gasteiger partial charge in [0.25, 0.3) is 5.92 Å². The van der Waals surface area contributed by atoms with Crippen molar-refractivity contribution in [3.8, 4) is 5.75 Å². The molecule has 0 saturated carbocycles. The maximum Gasteiger partial charge on any atom is 0.253 e. The molecule has 0 fully saturated rings. The highest BCUT2D eigenvalue weighted by molar-refractivity contribution is 5.60. The van der Waals surface area contributed by atoms with Gasteiger partial charge in [-0.15, -0.1) is 0 Å². The van der Waals surface area contributed by atoms with E-state index in [9.17, 15) is 8.78 Å². The van der Waals surface area contributed by atoms with Gasteiger partial charge < -0.3 is 10.1 Å². The van der Waals surface area contributed by atoms with Crippen molar-refractivity contribution in [2.24, 2.45) is 0 Å². The van der Waals surface area contributed by atoms with E-state index in [1.54, 1.807) is 18.2 Å². The summed E-state index contributed by atoms with van der Waals surface area (Å²) in [5, 5.41) is 2.97. The average Bonchev–Trinajstić information content (AvgIpc) is 2.59. The lowest BCUT2D eigenvalue weighted by molar-refractivity contribution is -0.00187. The summed E-state index contributed by atoms with van der Waals surface area (Å²) >= 11 is 0. The van der Waals surface area contributed by atoms with Crippen molar-refractivity contribution in [2.45, 2.75) is 18.8 Å². The number of hydrogen-bond acceptors (Lipinski definition) is 2. The zero-order valence-corrected chi connectivity index (χ0v) is 8.68. The summed E-state index contributed by atoms with van der Waals surface area (Å²) < 4.78 is 31.5. The van der Waals surface area contributed by atoms with Gasteiger partial charge in [0, 0.05) is 19.2 Å². The molecule has 2 nitrogen and oxygen atoms in total. The lowest BCUT2D eigenvalue weighted by Gasteiger charge is -2.18. The molecule has 82 valence electrons. The minimum atomic E-state index is -2.70. The van der Waals surface area contributed by atoms with Gasteiger partial charge in [-0.1, -0.05) is 0 Å². The summed E-state index contributed by atoms with van der Waals surface area (Å²) in [5.41, 5.74) is 1.42. The zero-order chi connectivity index (χ0) is 11.1. The van der Waals surface area contributed by atoms with Gasteiger partial charge in [-0.2, -0.15) is 0 Å². The number of ether oxygens (including phenoxy) is 1. The quantitative estimate of drug-likeness (QED) is 0.815. The van der Waals surface area contributed by atoms with Crippen LogP contribution in [0.2, 0.25) is 0 Å². The number of hydrogen-bond donors (Lipinski definition) is 1. The first-order valence-electron chi connectivity index (χ1n) is 4.82. The summed E-state index contributed by atoms with van der Waals surface area (Å²) in [7, 11) is 1.53. The molecule has 1 aliphatic rings. The fourth-order valence-corrected chi connectivity index (χ4v) is 1.89. The van der Waals surface area contributed by atoms with Crippen molar-refractivity contribution in [1.29, 1.82) is 0 Å². The van der Waals surface area contributed by atoms with Gasteiger partial charge in [0.15, 0.2) is 0 Å². The Hall–Kier alpha value is -1.32. The van der Waals surface area contributed by atoms with E-state index in [1.165, 1.54) is 7.11 Å². The summed E-state index contributed by atoms with van der Waals surface area (Å²) in [6.07, 6.45) is 0. The van der Waals surface area contributed by atoms with Crippen LogP contribution < -0.4 is 10.1 Å². The van der Waals surface area contributed by atoms with Gasteiger partial charge in [0.2, 0.25) is 0 Å². The molecule has 0 aliphatic carbocycles. The van der Waals surface area contributed by atoms with Crippen LogP contribution in [0.15, 0.2) is 18.2 Å². The summed E-state index contributed by atoms with van der Waals surface area (Å²) in [5.74, 6) is -2.85. The van der Waals surface area contributed by atoms with Gasteiger partial charge in [0.05, 0.1) is 13.0 Å². The van der Waals surface area contributed by atoms with E-state index in [0.29, 0.717) is 11.3 Å². The molecule has 0 bridgehead atoms. The van der Waals surface area contributed by atoms with Crippen molar-refractivity contribution >= 4 is 5.69 Å². The molecule has 0 amide bonds. The summed E-state index contributed by atoms with van der Waals surface area (Å²) in [6.45, 7) is 1.24. The van der Waals surface area contributed by atoms with Gasteiger partial charge in [-0.3, -0.25) is 0 Å². The summed E-state index contributed by atoms with van der Waals surface area (Å²) in [6, 6.07) is 5.22. The first kappa shape index (κ1) is 10.2. The van der Waals surface area contributed by atoms with E-state index in [1.807, 2.05) is 0 Å². The second-order valence-electron chi connectivity index (χ2n) is 3.84. The zero-order valence-electron chi connectivity index (χ0n) is 8.68. The normalized spacial score (nSPS) is 19.6. The van der Waals surface area contributed by atoms with Gasteiger partial charge in [-0.25, -0.2) is 8.78 Å². The fourth-order valence-electron chi connectivity index (χ4n) is 1.89. The molecular weight excluding hydrogens is 200 g/mol. The highest BCUT2D eigenvalue weighted by Gasteiger charge is 2.39. The predicted molar refractivity (Wildman–Crippen MR) is 54.8 cm³/mol. The van der Waals surface area contributed by atoms with Crippen LogP contribution in [0.5, 0.6) is 5.75 Å². The third-order valence-electron chi connectivity index (χ3n) is 2.74. The molecular formula is C11H13F2NO. The smallest absolute Gasteiger partial charge is 0.253 e. The molecule has 1 N–H and O–H groups in total. The maximum absolute atomic E-state index is 13.3. The standard InChI is InChI=1S/C11H13F2NO/c1-11(12,13)9-6-14-10-4-3-7(15-2)5-8(9)10/h3-5,9,14H,6H2,1-2H3. The van der Waals surface area contributed by atoms with Crippen LogP contribution in [0.25, 0.3) is 0 Å². The Bertz CT molecular complexity index is 373. The van der Waals surface area contributed by atoms with Crippen molar-refractivity contribution in [1.82, 2.24) is 0 Å². The molecule has 4 heteroatoms. The molecule has 1 aliphatic heterocycles. The van der Waals surface area contributed by atoms with E-state index in [-0.39, 0.29) is 6.54 Å². The minimum absolute atomic E-state index is 0.284. The first-order chi connectivity index (χ1) is 7.02. The lowest BCUT2D eigenvalue weighted by Crippen LogP contribution is -2.23. The highest BCUT2D eigenvalue weighted by atomic mass is 19.3. The predicted octanol–water partition coefficient (Wildman–Crippen LogP) is 2.86. The van der Waals surface area contributed by atoms with Crippen LogP contribution >= 0.6 is 0 Å². The van der Waals surface area contributed by atoms with Gasteiger partial charge >= 0.3 is 0 Å². The van der Waals surface area contributed by atoms with Gasteiger partial charge in [0.1, 0.15) is 5.75 Å². The van der Waals surface area contributed by atoms with Crippen molar-refractivity contribution < 1.29 is 13.5 Å². The molecule has 1 aromatic carbocycles. The topological polar surface area (TPSA) is 21.3 Å². The largest absolute Gasteiger partial charge is 0.497 e. The molecule has 0 spiro atoms. The number of benzene rings is 1. The van der Waals surface area contributed by atoms with Crippen LogP contribution in [-0.2, 0) is 0 Å². The molecule has 1 aromatic rings. The van der Waals surface area contributed by atoms with E-state index in [0.717, 1.165) is 12.6 Å². The summed E-state index contributed by atoms with van der Waals surface area (Å²) in [4.78, 5) is 0. The first-order valence-corrected chi connectivity index (χ1v) is 4.82. The second-order valence-corrected chi connectivity index (χ2v) is 3.84. The number of fused-ring (bicyclic) bond motifs is 1. The maximum atomic E-state index is 13.3. The van der Waals surface area contributed by atoms with Crippen molar-refractivity contribution in [3.63, 3.8) is 0 Å². The van der Waals surface area contributed by atoms with Crippen LogP contribution in [0.1, 0.15) is 18.4 Å². The van der Waals surface area contributed by atoms with Crippen LogP contribution in [-0.4, -0.2) is 19.6 Å². The molecule has 0 aromatic heterocycles. The van der Waals surface area contributed by atoms with Crippen LogP contribution in [0.4, 0.5) is 14.5 Å². The van der Waals surface area contributed by atoms with Crippen molar-refractivity contribution in [2.75, 3.05) is 19.0 Å². The Morgan fingerprint density at radius 2 is 2.20 bits per heavy atom. The number of methoxy groups -OCH3 is 1. The molecule has 15 heavy (non-hydrogen) atoms. The van der Waals surface area contributed by atoms with E-state index in [4.69, 9.17) is 4.74 Å².